The van der Waals surface area contributed by atoms with E-state index in [-0.39, 0.29) is 6.03 Å². The van der Waals surface area contributed by atoms with Gasteiger partial charge >= 0.3 is 6.03 Å². The number of aryl methyl sites for hydroxylation is 1. The van der Waals surface area contributed by atoms with Crippen LogP contribution in [0.4, 0.5) is 16.3 Å². The van der Waals surface area contributed by atoms with E-state index in [2.05, 4.69) is 31.7 Å². The van der Waals surface area contributed by atoms with Gasteiger partial charge in [-0.15, -0.1) is 0 Å². The van der Waals surface area contributed by atoms with Gasteiger partial charge in [-0.2, -0.15) is 5.10 Å². The van der Waals surface area contributed by atoms with Crippen LogP contribution in [-0.4, -0.2) is 15.8 Å². The number of benzene rings is 1. The second kappa shape index (κ2) is 5.01. The zero-order valence-corrected chi connectivity index (χ0v) is 10.7. The molecule has 1 heterocycles. The van der Waals surface area contributed by atoms with Crippen LogP contribution in [0.5, 0.6) is 0 Å². The Balaban J connectivity index is 2.01. The maximum Gasteiger partial charge on any atom is 0.324 e. The van der Waals surface area contributed by atoms with Crippen molar-refractivity contribution in [2.45, 2.75) is 0 Å². The molecule has 1 aromatic heterocycles. The normalized spacial score (nSPS) is 10.0. The molecule has 1 aromatic carbocycles. The SMILES string of the molecule is Cn1ccc(NC(=O)Nc2ccccc2Br)n1. The van der Waals surface area contributed by atoms with Crippen molar-refractivity contribution in [2.75, 3.05) is 10.6 Å². The van der Waals surface area contributed by atoms with Crippen molar-refractivity contribution >= 4 is 33.5 Å². The molecular weight excluding hydrogens is 284 g/mol. The summed E-state index contributed by atoms with van der Waals surface area (Å²) in [6.07, 6.45) is 1.76. The molecule has 2 N–H and O–H groups in total. The van der Waals surface area contributed by atoms with Crippen LogP contribution >= 0.6 is 15.9 Å². The molecule has 0 atom stereocenters. The molecule has 2 rings (SSSR count). The lowest BCUT2D eigenvalue weighted by molar-refractivity contribution is 0.262. The molecule has 0 aliphatic rings. The fourth-order valence-electron chi connectivity index (χ4n) is 1.31. The van der Waals surface area contributed by atoms with Gasteiger partial charge in [-0.25, -0.2) is 4.79 Å². The summed E-state index contributed by atoms with van der Waals surface area (Å²) < 4.78 is 2.45. The zero-order chi connectivity index (χ0) is 12.3. The molecule has 0 aliphatic carbocycles. The van der Waals surface area contributed by atoms with Crippen molar-refractivity contribution in [1.29, 1.82) is 0 Å². The van der Waals surface area contributed by atoms with Crippen molar-refractivity contribution in [3.8, 4) is 0 Å². The first-order valence-corrected chi connectivity index (χ1v) is 5.76. The number of nitrogens with one attached hydrogen (secondary N) is 2. The summed E-state index contributed by atoms with van der Waals surface area (Å²) in [7, 11) is 1.79. The topological polar surface area (TPSA) is 59.0 Å². The Hall–Kier alpha value is -1.82. The number of carbonyl (C=O) groups excluding carboxylic acids is 1. The highest BCUT2D eigenvalue weighted by atomic mass is 79.9. The van der Waals surface area contributed by atoms with Gasteiger partial charge < -0.3 is 5.32 Å². The summed E-state index contributed by atoms with van der Waals surface area (Å²) in [6, 6.07) is 8.79. The summed E-state index contributed by atoms with van der Waals surface area (Å²) in [5, 5.41) is 9.41. The van der Waals surface area contributed by atoms with Gasteiger partial charge in [0.05, 0.1) is 5.69 Å². The molecule has 0 radical (unpaired) electrons. The van der Waals surface area contributed by atoms with Crippen molar-refractivity contribution in [3.05, 3.63) is 41.0 Å². The van der Waals surface area contributed by atoms with Crippen LogP contribution in [0.25, 0.3) is 0 Å². The maximum absolute atomic E-state index is 11.7. The van der Waals surface area contributed by atoms with Gasteiger partial charge in [0.15, 0.2) is 5.82 Å². The van der Waals surface area contributed by atoms with Crippen LogP contribution < -0.4 is 10.6 Å². The van der Waals surface area contributed by atoms with Gasteiger partial charge in [0.2, 0.25) is 0 Å². The third-order valence-electron chi connectivity index (χ3n) is 2.08. The molecule has 2 amide bonds. The molecule has 0 unspecified atom stereocenters. The third kappa shape index (κ3) is 3.07. The standard InChI is InChI=1S/C11H11BrN4O/c1-16-7-6-10(15-16)14-11(17)13-9-5-3-2-4-8(9)12/h2-7H,1H3,(H2,13,14,15,17). The fraction of sp³-hybridized carbons (Fsp3) is 0.0909. The molecule has 0 saturated carbocycles. The van der Waals surface area contributed by atoms with E-state index in [1.54, 1.807) is 24.0 Å². The number of nitrogens with zero attached hydrogens (tertiary/aromatic N) is 2. The summed E-state index contributed by atoms with van der Waals surface area (Å²) in [5.41, 5.74) is 0.709. The molecule has 0 spiro atoms. The first-order valence-electron chi connectivity index (χ1n) is 4.97. The van der Waals surface area contributed by atoms with E-state index in [1.807, 2.05) is 24.3 Å². The largest absolute Gasteiger partial charge is 0.324 e. The number of hydrogen-bond donors (Lipinski definition) is 2. The minimum Gasteiger partial charge on any atom is -0.307 e. The van der Waals surface area contributed by atoms with E-state index in [1.165, 1.54) is 0 Å². The predicted octanol–water partition coefficient (Wildman–Crippen LogP) is 2.83. The van der Waals surface area contributed by atoms with Crippen LogP contribution in [0.3, 0.4) is 0 Å². The van der Waals surface area contributed by atoms with Crippen molar-refractivity contribution < 1.29 is 4.79 Å². The molecule has 2 aromatic rings. The Morgan fingerprint density at radius 1 is 1.29 bits per heavy atom. The minimum absolute atomic E-state index is 0.324. The second-order valence-electron chi connectivity index (χ2n) is 3.43. The molecule has 0 aliphatic heterocycles. The lowest BCUT2D eigenvalue weighted by Gasteiger charge is -2.06. The molecule has 5 nitrogen and oxygen atoms in total. The lowest BCUT2D eigenvalue weighted by Crippen LogP contribution is -2.20. The Kier molecular flexibility index (Phi) is 3.43. The van der Waals surface area contributed by atoms with Crippen LogP contribution in [0.15, 0.2) is 41.0 Å². The first-order chi connectivity index (χ1) is 8.15. The van der Waals surface area contributed by atoms with Crippen LogP contribution in [0, 0.1) is 0 Å². The maximum atomic E-state index is 11.7. The van der Waals surface area contributed by atoms with E-state index < -0.39 is 0 Å². The monoisotopic (exact) mass is 294 g/mol. The quantitative estimate of drug-likeness (QED) is 0.895. The number of urea groups is 1. The molecule has 88 valence electrons. The molecule has 0 fully saturated rings. The first kappa shape index (κ1) is 11.7. The van der Waals surface area contributed by atoms with Crippen molar-refractivity contribution in [1.82, 2.24) is 9.78 Å². The number of amides is 2. The summed E-state index contributed by atoms with van der Waals surface area (Å²) in [6.45, 7) is 0. The third-order valence-corrected chi connectivity index (χ3v) is 2.77. The van der Waals surface area contributed by atoms with Crippen molar-refractivity contribution in [3.63, 3.8) is 0 Å². The Morgan fingerprint density at radius 2 is 2.06 bits per heavy atom. The highest BCUT2D eigenvalue weighted by Gasteiger charge is 2.06. The van der Waals surface area contributed by atoms with Gasteiger partial charge in [-0.1, -0.05) is 12.1 Å². The summed E-state index contributed by atoms with van der Waals surface area (Å²) in [5.74, 6) is 0.511. The van der Waals surface area contributed by atoms with E-state index >= 15 is 0 Å². The number of hydrogen-bond acceptors (Lipinski definition) is 2. The second-order valence-corrected chi connectivity index (χ2v) is 4.29. The van der Waals surface area contributed by atoms with Crippen LogP contribution in [0.2, 0.25) is 0 Å². The highest BCUT2D eigenvalue weighted by molar-refractivity contribution is 9.10. The van der Waals surface area contributed by atoms with Gasteiger partial charge in [0.1, 0.15) is 0 Å². The van der Waals surface area contributed by atoms with Crippen LogP contribution in [-0.2, 0) is 7.05 Å². The van der Waals surface area contributed by atoms with Crippen molar-refractivity contribution in [2.24, 2.45) is 7.05 Å². The molecule has 0 saturated heterocycles. The average Bonchev–Trinajstić information content (AvgIpc) is 2.67. The number of carbonyl (C=O) groups is 1. The number of halogens is 1. The fourth-order valence-corrected chi connectivity index (χ4v) is 1.70. The Bertz CT molecular complexity index is 538. The predicted molar refractivity (Wildman–Crippen MR) is 70.0 cm³/mol. The average molecular weight is 295 g/mol. The highest BCUT2D eigenvalue weighted by Crippen LogP contribution is 2.21. The Morgan fingerprint density at radius 3 is 2.71 bits per heavy atom. The van der Waals surface area contributed by atoms with Gasteiger partial charge in [0.25, 0.3) is 0 Å². The number of aromatic nitrogens is 2. The van der Waals surface area contributed by atoms with Gasteiger partial charge in [-0.05, 0) is 28.1 Å². The van der Waals surface area contributed by atoms with E-state index in [4.69, 9.17) is 0 Å². The molecule has 0 bridgehead atoms. The number of para-hydroxylation sites is 1. The number of anilines is 2. The molecule has 17 heavy (non-hydrogen) atoms. The van der Waals surface area contributed by atoms with Gasteiger partial charge in [-0.3, -0.25) is 10.00 Å². The smallest absolute Gasteiger partial charge is 0.307 e. The van der Waals surface area contributed by atoms with E-state index in [9.17, 15) is 4.79 Å². The van der Waals surface area contributed by atoms with E-state index in [0.717, 1.165) is 4.47 Å². The summed E-state index contributed by atoms with van der Waals surface area (Å²) >= 11 is 3.35. The lowest BCUT2D eigenvalue weighted by atomic mass is 10.3. The number of rotatable bonds is 2. The summed E-state index contributed by atoms with van der Waals surface area (Å²) in [4.78, 5) is 11.7. The molecular formula is C11H11BrN4O. The molecule has 6 heteroatoms. The zero-order valence-electron chi connectivity index (χ0n) is 9.14. The minimum atomic E-state index is -0.324. The van der Waals surface area contributed by atoms with Gasteiger partial charge in [0, 0.05) is 23.8 Å². The Labute approximate surface area is 107 Å². The van der Waals surface area contributed by atoms with Crippen LogP contribution in [0.1, 0.15) is 0 Å². The van der Waals surface area contributed by atoms with E-state index in [0.29, 0.717) is 11.5 Å².